The molecule has 0 spiro atoms. The maximum Gasteiger partial charge on any atom is 0.439 e. The van der Waals surface area contributed by atoms with Gasteiger partial charge in [0.1, 0.15) is 0 Å². The van der Waals surface area contributed by atoms with Crippen LogP contribution in [0.4, 0.5) is 0 Å². The van der Waals surface area contributed by atoms with E-state index in [1.54, 1.807) is 0 Å². The Labute approximate surface area is 115 Å². The van der Waals surface area contributed by atoms with Crippen molar-refractivity contribution in [2.75, 3.05) is 0 Å². The summed E-state index contributed by atoms with van der Waals surface area (Å²) in [6.45, 7) is 0. The first kappa shape index (κ1) is 11.5. The maximum atomic E-state index is 11.0. The summed E-state index contributed by atoms with van der Waals surface area (Å²) >= 11 is 0. The predicted octanol–water partition coefficient (Wildman–Crippen LogP) is 3.10. The van der Waals surface area contributed by atoms with E-state index < -0.39 is 5.76 Å². The monoisotopic (exact) mass is 269 g/mol. The second kappa shape index (κ2) is 4.37. The van der Waals surface area contributed by atoms with Crippen LogP contribution in [0.15, 0.2) is 39.8 Å². The molecule has 5 heteroatoms. The van der Waals surface area contributed by atoms with Gasteiger partial charge in [0.25, 0.3) is 0 Å². The van der Waals surface area contributed by atoms with Crippen LogP contribution >= 0.6 is 0 Å². The maximum absolute atomic E-state index is 11.0. The van der Waals surface area contributed by atoms with Crippen LogP contribution < -0.4 is 5.76 Å². The number of rotatable bonds is 2. The average Bonchev–Trinajstić information content (AvgIpc) is 3.17. The van der Waals surface area contributed by atoms with E-state index in [4.69, 9.17) is 0 Å². The summed E-state index contributed by atoms with van der Waals surface area (Å²) < 4.78 is 6.92. The largest absolute Gasteiger partial charge is 0.439 e. The number of nitrogens with zero attached hydrogens (tertiary/aromatic N) is 2. The molecule has 1 N–H and O–H groups in total. The fourth-order valence-corrected chi connectivity index (χ4v) is 3.17. The van der Waals surface area contributed by atoms with Crippen molar-refractivity contribution in [3.63, 3.8) is 0 Å². The minimum atomic E-state index is -0.524. The average molecular weight is 269 g/mol. The first-order valence-electron chi connectivity index (χ1n) is 6.98. The van der Waals surface area contributed by atoms with Crippen LogP contribution in [0.25, 0.3) is 22.3 Å². The Balaban J connectivity index is 1.79. The van der Waals surface area contributed by atoms with Gasteiger partial charge in [-0.3, -0.25) is 9.51 Å². The van der Waals surface area contributed by atoms with Crippen molar-refractivity contribution in [3.05, 3.63) is 41.0 Å². The quantitative estimate of drug-likeness (QED) is 0.777. The lowest BCUT2D eigenvalue weighted by Crippen LogP contribution is -2.02. The van der Waals surface area contributed by atoms with Gasteiger partial charge in [-0.25, -0.2) is 4.79 Å². The number of hydrogen-bond donors (Lipinski definition) is 1. The lowest BCUT2D eigenvalue weighted by molar-refractivity contribution is 0.388. The number of aromatic amines is 1. The van der Waals surface area contributed by atoms with Gasteiger partial charge < -0.3 is 4.57 Å². The van der Waals surface area contributed by atoms with E-state index in [1.165, 1.54) is 36.6 Å². The molecule has 1 saturated carbocycles. The Morgan fingerprint density at radius 1 is 1.25 bits per heavy atom. The summed E-state index contributed by atoms with van der Waals surface area (Å²) in [5.41, 5.74) is 2.11. The van der Waals surface area contributed by atoms with Crippen LogP contribution in [0.3, 0.4) is 0 Å². The molecule has 5 nitrogen and oxygen atoms in total. The van der Waals surface area contributed by atoms with Crippen molar-refractivity contribution in [1.82, 2.24) is 14.7 Å². The summed E-state index contributed by atoms with van der Waals surface area (Å²) in [6, 6.07) is 8.85. The van der Waals surface area contributed by atoms with Gasteiger partial charge in [0.15, 0.2) is 5.82 Å². The Morgan fingerprint density at radius 2 is 2.10 bits per heavy atom. The van der Waals surface area contributed by atoms with E-state index in [0.29, 0.717) is 11.9 Å². The highest BCUT2D eigenvalue weighted by molar-refractivity contribution is 5.84. The molecule has 0 radical (unpaired) electrons. The number of nitrogens with one attached hydrogen (secondary N) is 1. The molecule has 20 heavy (non-hydrogen) atoms. The van der Waals surface area contributed by atoms with Crippen LogP contribution in [0.5, 0.6) is 0 Å². The van der Waals surface area contributed by atoms with Crippen molar-refractivity contribution >= 4 is 10.9 Å². The third-order valence-electron chi connectivity index (χ3n) is 4.15. The molecule has 3 aromatic rings. The number of H-pyrrole nitrogens is 1. The molecule has 4 rings (SSSR count). The minimum Gasteiger partial charge on any atom is -0.344 e. The van der Waals surface area contributed by atoms with Crippen LogP contribution in [0, 0.1) is 0 Å². The van der Waals surface area contributed by atoms with E-state index in [1.807, 2.05) is 12.1 Å². The molecule has 102 valence electrons. The van der Waals surface area contributed by atoms with E-state index in [9.17, 15) is 4.79 Å². The lowest BCUT2D eigenvalue weighted by Gasteiger charge is -2.13. The summed E-state index contributed by atoms with van der Waals surface area (Å²) in [5.74, 6) is -0.0471. The van der Waals surface area contributed by atoms with Gasteiger partial charge in [-0.05, 0) is 37.1 Å². The van der Waals surface area contributed by atoms with Crippen LogP contribution in [-0.4, -0.2) is 14.7 Å². The first-order chi connectivity index (χ1) is 9.81. The zero-order valence-electron chi connectivity index (χ0n) is 11.0. The highest BCUT2D eigenvalue weighted by Crippen LogP contribution is 2.33. The molecular formula is C15H15N3O2. The molecule has 0 bridgehead atoms. The van der Waals surface area contributed by atoms with Gasteiger partial charge in [0, 0.05) is 28.7 Å². The third kappa shape index (κ3) is 1.78. The molecule has 1 aromatic carbocycles. The van der Waals surface area contributed by atoms with Gasteiger partial charge >= 0.3 is 5.76 Å². The molecule has 0 atom stereocenters. The van der Waals surface area contributed by atoms with Gasteiger partial charge in [-0.2, -0.15) is 0 Å². The normalized spacial score (nSPS) is 16.2. The lowest BCUT2D eigenvalue weighted by atomic mass is 10.1. The Kier molecular flexibility index (Phi) is 2.52. The standard InChI is InChI=1S/C15H15N3O2/c19-15-16-14(17-20-15)11-5-6-13-10(9-11)7-8-18(13)12-3-1-2-4-12/h5-9,12H,1-4H2,(H,16,17,19). The third-order valence-corrected chi connectivity index (χ3v) is 4.15. The van der Waals surface area contributed by atoms with E-state index in [-0.39, 0.29) is 0 Å². The number of benzene rings is 1. The minimum absolute atomic E-state index is 0.477. The zero-order valence-corrected chi connectivity index (χ0v) is 11.0. The summed E-state index contributed by atoms with van der Waals surface area (Å²) in [4.78, 5) is 13.6. The smallest absolute Gasteiger partial charge is 0.344 e. The molecule has 2 aromatic heterocycles. The van der Waals surface area contributed by atoms with Crippen molar-refractivity contribution in [2.24, 2.45) is 0 Å². The second-order valence-electron chi connectivity index (χ2n) is 5.38. The molecule has 1 aliphatic carbocycles. The van der Waals surface area contributed by atoms with Gasteiger partial charge in [-0.15, -0.1) is 0 Å². The first-order valence-corrected chi connectivity index (χ1v) is 6.98. The Morgan fingerprint density at radius 3 is 2.85 bits per heavy atom. The Bertz CT molecular complexity index is 806. The number of aromatic nitrogens is 3. The summed E-state index contributed by atoms with van der Waals surface area (Å²) in [5, 5.41) is 4.89. The van der Waals surface area contributed by atoms with Crippen LogP contribution in [0.1, 0.15) is 31.7 Å². The van der Waals surface area contributed by atoms with Crippen LogP contribution in [-0.2, 0) is 0 Å². The van der Waals surface area contributed by atoms with Crippen molar-refractivity contribution in [1.29, 1.82) is 0 Å². The van der Waals surface area contributed by atoms with Gasteiger partial charge in [0.2, 0.25) is 0 Å². The van der Waals surface area contributed by atoms with Crippen molar-refractivity contribution in [2.45, 2.75) is 31.7 Å². The molecule has 1 aliphatic rings. The highest BCUT2D eigenvalue weighted by Gasteiger charge is 2.18. The zero-order chi connectivity index (χ0) is 13.5. The second-order valence-corrected chi connectivity index (χ2v) is 5.38. The Hall–Kier alpha value is -2.30. The fourth-order valence-electron chi connectivity index (χ4n) is 3.17. The highest BCUT2D eigenvalue weighted by atomic mass is 16.5. The molecular weight excluding hydrogens is 254 g/mol. The van der Waals surface area contributed by atoms with E-state index >= 15 is 0 Å². The topological polar surface area (TPSA) is 63.8 Å². The molecule has 1 fully saturated rings. The fraction of sp³-hybridized carbons (Fsp3) is 0.333. The van der Waals surface area contributed by atoms with Crippen LogP contribution in [0.2, 0.25) is 0 Å². The van der Waals surface area contributed by atoms with Gasteiger partial charge in [0.05, 0.1) is 0 Å². The molecule has 2 heterocycles. The molecule has 0 unspecified atom stereocenters. The van der Waals surface area contributed by atoms with E-state index in [2.05, 4.69) is 37.6 Å². The number of hydrogen-bond acceptors (Lipinski definition) is 3. The SMILES string of the molecule is O=c1[nH]c(-c2ccc3c(ccn3C3CCCC3)c2)no1. The molecule has 0 aliphatic heterocycles. The molecule has 0 saturated heterocycles. The van der Waals surface area contributed by atoms with Gasteiger partial charge in [-0.1, -0.05) is 18.0 Å². The molecule has 0 amide bonds. The van der Waals surface area contributed by atoms with E-state index in [0.717, 1.165) is 5.56 Å². The summed E-state index contributed by atoms with van der Waals surface area (Å²) in [7, 11) is 0. The summed E-state index contributed by atoms with van der Waals surface area (Å²) in [6.07, 6.45) is 7.34. The predicted molar refractivity (Wildman–Crippen MR) is 75.6 cm³/mol. The number of fused-ring (bicyclic) bond motifs is 1. The van der Waals surface area contributed by atoms with Crippen molar-refractivity contribution in [3.8, 4) is 11.4 Å². The van der Waals surface area contributed by atoms with Crippen molar-refractivity contribution < 1.29 is 4.52 Å².